The van der Waals surface area contributed by atoms with Crippen LogP contribution < -0.4 is 20.4 Å². The number of rotatable bonds is 15. The van der Waals surface area contributed by atoms with Crippen molar-refractivity contribution in [1.29, 1.82) is 0 Å². The van der Waals surface area contributed by atoms with E-state index in [1.165, 1.54) is 90.3 Å². The maximum atomic E-state index is 14.9. The van der Waals surface area contributed by atoms with E-state index in [9.17, 15) is 56.2 Å². The number of fused-ring (bicyclic) bond motifs is 2. The fourth-order valence-electron chi connectivity index (χ4n) is 11.6. The third-order valence-electron chi connectivity index (χ3n) is 15.9. The number of nitrogens with zero attached hydrogens (tertiary/aromatic N) is 10. The molecule has 4 aromatic carbocycles. The zero-order valence-corrected chi connectivity index (χ0v) is 51.7. The number of hydrogen-bond acceptors (Lipinski definition) is 20. The molecule has 6 aliphatic rings. The fraction of sp³-hybridized carbons (Fsp3) is 0.283. The number of aromatic carboxylic acids is 2. The van der Waals surface area contributed by atoms with Crippen molar-refractivity contribution in [3.63, 3.8) is 0 Å². The van der Waals surface area contributed by atoms with Crippen molar-refractivity contribution >= 4 is 111 Å². The Bertz CT molecular complexity index is 4140. The lowest BCUT2D eigenvalue weighted by Gasteiger charge is -2.38. The van der Waals surface area contributed by atoms with Crippen molar-refractivity contribution in [2.24, 2.45) is 9.98 Å². The molecule has 4 saturated heterocycles. The Morgan fingerprint density at radius 3 is 1.82 bits per heavy atom. The molecule has 8 heterocycles. The largest absolute Gasteiger partial charge is 0.478 e. The van der Waals surface area contributed by atoms with Crippen LogP contribution in [0.4, 0.5) is 38.5 Å². The minimum absolute atomic E-state index is 0.0229. The smallest absolute Gasteiger partial charge is 0.357 e. The Balaban J connectivity index is 0.000000189. The summed E-state index contributed by atoms with van der Waals surface area (Å²) in [7, 11) is 3.70. The van der Waals surface area contributed by atoms with Crippen molar-refractivity contribution in [3.8, 4) is 0 Å². The molecule has 6 aromatic rings. The van der Waals surface area contributed by atoms with Gasteiger partial charge in [0.05, 0.1) is 66.4 Å². The van der Waals surface area contributed by atoms with Gasteiger partial charge in [-0.05, 0) is 54.6 Å². The van der Waals surface area contributed by atoms with E-state index >= 15 is 0 Å². The van der Waals surface area contributed by atoms with Crippen LogP contribution in [0, 0.1) is 23.3 Å². The van der Waals surface area contributed by atoms with Gasteiger partial charge in [-0.2, -0.15) is 0 Å². The highest BCUT2D eigenvalue weighted by atomic mass is 35.5. The number of urea groups is 2. The van der Waals surface area contributed by atoms with Gasteiger partial charge in [-0.3, -0.25) is 29.6 Å². The highest BCUT2D eigenvalue weighted by molar-refractivity contribution is 7.12. The number of amides is 4. The second kappa shape index (κ2) is 26.9. The number of aromatic nitrogens is 2. The number of carbonyl (C=O) groups excluding carboxylic acids is 5. The van der Waals surface area contributed by atoms with Gasteiger partial charge in [0, 0.05) is 116 Å². The summed E-state index contributed by atoms with van der Waals surface area (Å²) in [5.41, 5.74) is 1.37. The quantitative estimate of drug-likeness (QED) is 0.0437. The van der Waals surface area contributed by atoms with Crippen LogP contribution in [0.15, 0.2) is 122 Å². The number of carbonyl (C=O) groups is 7. The van der Waals surface area contributed by atoms with Crippen LogP contribution in [-0.2, 0) is 23.8 Å². The number of aliphatic imine (C=N–C) groups is 2. The normalized spacial score (nSPS) is 19.9. The lowest BCUT2D eigenvalue weighted by molar-refractivity contribution is -0.137. The SMILES string of the molecule is COC(=O)C1=C(CN2CCN3C(=O)N(c4ccc(C(=O)O)c(F)c4)C[C@@H]3C2)NC(c2nccs2)=N[C@H]1c1cccc(F)c1Cl.COC(=O)C1=C(CN2CCN3C(=O)N(c4ccc(C(=O)O)cc4F)C[C@@H]3C2)NC(c2nc(C(=O)OC)cs2)=N[C@H]1c1ccc(F)cc1Cl. The highest BCUT2D eigenvalue weighted by Crippen LogP contribution is 2.40. The van der Waals surface area contributed by atoms with Gasteiger partial charge in [-0.15, -0.1) is 22.7 Å². The summed E-state index contributed by atoms with van der Waals surface area (Å²) in [6, 6.07) is 11.7. The van der Waals surface area contributed by atoms with Crippen molar-refractivity contribution in [3.05, 3.63) is 184 Å². The molecule has 4 amide bonds. The number of anilines is 2. The summed E-state index contributed by atoms with van der Waals surface area (Å²) in [6.07, 6.45) is 1.62. The molecule has 12 rings (SSSR count). The minimum atomic E-state index is -1.39. The number of hydrogen-bond donors (Lipinski definition) is 4. The van der Waals surface area contributed by atoms with Gasteiger partial charge >= 0.3 is 41.9 Å². The Hall–Kier alpha value is -9.33. The Kier molecular flexibility index (Phi) is 18.7. The van der Waals surface area contributed by atoms with Gasteiger partial charge in [-0.25, -0.2) is 61.1 Å². The van der Waals surface area contributed by atoms with E-state index in [4.69, 9.17) is 52.5 Å². The Labute approximate surface area is 538 Å². The summed E-state index contributed by atoms with van der Waals surface area (Å²) in [6.45, 7) is 3.04. The molecule has 2 aromatic heterocycles. The first-order valence-corrected chi connectivity index (χ1v) is 30.5. The first-order valence-electron chi connectivity index (χ1n) is 28.0. The van der Waals surface area contributed by atoms with E-state index < -0.39 is 76.8 Å². The maximum Gasteiger partial charge on any atom is 0.357 e. The topological polar surface area (TPSA) is 282 Å². The third-order valence-corrected chi connectivity index (χ3v) is 18.3. The van der Waals surface area contributed by atoms with Crippen molar-refractivity contribution in [2.45, 2.75) is 24.2 Å². The van der Waals surface area contributed by atoms with Crippen molar-refractivity contribution in [2.75, 3.05) is 96.6 Å². The van der Waals surface area contributed by atoms with Crippen LogP contribution in [0.1, 0.15) is 64.4 Å². The summed E-state index contributed by atoms with van der Waals surface area (Å²) < 4.78 is 73.0. The predicted octanol–water partition coefficient (Wildman–Crippen LogP) is 7.62. The number of thiazole rings is 2. The van der Waals surface area contributed by atoms with E-state index in [0.29, 0.717) is 77.6 Å². The molecular weight excluding hydrogens is 1290 g/mol. The lowest BCUT2D eigenvalue weighted by atomic mass is 9.95. The number of ether oxygens (including phenoxy) is 3. The number of carboxylic acids is 2. The number of nitrogens with one attached hydrogen (secondary N) is 2. The highest BCUT2D eigenvalue weighted by Gasteiger charge is 2.45. The monoisotopic (exact) mass is 1340 g/mol. The van der Waals surface area contributed by atoms with Crippen molar-refractivity contribution < 1.29 is 75.5 Å². The third kappa shape index (κ3) is 12.8. The van der Waals surface area contributed by atoms with Crippen LogP contribution in [-0.4, -0.2) is 192 Å². The number of piperazine rings is 2. The Morgan fingerprint density at radius 1 is 0.641 bits per heavy atom. The molecule has 0 radical (unpaired) electrons. The van der Waals surface area contributed by atoms with Crippen LogP contribution in [0.2, 0.25) is 10.0 Å². The minimum Gasteiger partial charge on any atom is -0.478 e. The molecule has 92 heavy (non-hydrogen) atoms. The summed E-state index contributed by atoms with van der Waals surface area (Å²) in [4.78, 5) is 116. The molecule has 0 saturated carbocycles. The molecule has 478 valence electrons. The van der Waals surface area contributed by atoms with E-state index in [2.05, 4.69) is 25.5 Å². The number of esters is 3. The van der Waals surface area contributed by atoms with Gasteiger partial charge in [-0.1, -0.05) is 41.4 Å². The number of methoxy groups -OCH3 is 3. The molecular formula is C60H52Cl2F4N12O12S2. The predicted molar refractivity (Wildman–Crippen MR) is 327 cm³/mol. The van der Waals surface area contributed by atoms with Gasteiger partial charge in [0.15, 0.2) is 27.4 Å². The summed E-state index contributed by atoms with van der Waals surface area (Å²) in [5.74, 6) is -7.05. The number of amidine groups is 2. The summed E-state index contributed by atoms with van der Waals surface area (Å²) in [5, 5.41) is 28.8. The maximum absolute atomic E-state index is 14.9. The number of benzene rings is 4. The van der Waals surface area contributed by atoms with E-state index in [0.717, 1.165) is 35.6 Å². The molecule has 32 heteroatoms. The first-order chi connectivity index (χ1) is 44.1. The van der Waals surface area contributed by atoms with Gasteiger partial charge in [0.2, 0.25) is 0 Å². The standard InChI is InChI=1S/C31H27ClF2N6O7S.C29H25ClF2N6O5S/c1-46-29(43)22-14-48-27(36-22)26-35-21(24(30(44)47-2)25(37-26)18-5-4-16(33)10-19(18)32)13-38-7-8-39-17(11-38)12-40(31(39)45)23-6-3-15(28(41)42)9-20(23)34;1-43-28(41)22-21(34-25(26-33-7-10-44-26)35-24(22)18-3-2-4-19(31)23(18)30)14-36-8-9-37-16(12-36)13-38(29(37)42)15-5-6-17(27(39)40)20(32)11-15/h3-6,9-10,14,17,25H,7-8,11-13H2,1-2H3,(H,35,37)(H,41,42);2-7,10-11,16,24H,8-9,12-14H2,1H3,(H,34,35)(H,39,40)/t17-,25-;16-,24-/m00/s1. The molecule has 0 bridgehead atoms. The second-order valence-electron chi connectivity index (χ2n) is 21.3. The van der Waals surface area contributed by atoms with Crippen LogP contribution in [0.3, 0.4) is 0 Å². The lowest BCUT2D eigenvalue weighted by Crippen LogP contribution is -2.53. The van der Waals surface area contributed by atoms with Crippen molar-refractivity contribution in [1.82, 2.24) is 40.2 Å². The molecule has 6 aliphatic heterocycles. The summed E-state index contributed by atoms with van der Waals surface area (Å²) >= 11 is 15.3. The molecule has 24 nitrogen and oxygen atoms in total. The zero-order chi connectivity index (χ0) is 65.4. The van der Waals surface area contributed by atoms with E-state index in [-0.39, 0.29) is 94.0 Å². The average Bonchev–Trinajstić information content (AvgIpc) is 1.30. The van der Waals surface area contributed by atoms with Gasteiger partial charge in [0.1, 0.15) is 35.4 Å². The molecule has 4 N–H and O–H groups in total. The van der Waals surface area contributed by atoms with Crippen LogP contribution in [0.5, 0.6) is 0 Å². The molecule has 4 atom stereocenters. The fourth-order valence-corrected chi connectivity index (χ4v) is 13.4. The second-order valence-corrected chi connectivity index (χ2v) is 23.9. The van der Waals surface area contributed by atoms with Gasteiger partial charge in [0.25, 0.3) is 0 Å². The average molecular weight is 1340 g/mol. The molecule has 0 unspecified atom stereocenters. The molecule has 4 fully saturated rings. The molecule has 0 aliphatic carbocycles. The van der Waals surface area contributed by atoms with E-state index in [1.807, 2.05) is 4.90 Å². The molecule has 0 spiro atoms. The zero-order valence-electron chi connectivity index (χ0n) is 48.6. The van der Waals surface area contributed by atoms with Crippen LogP contribution in [0.25, 0.3) is 0 Å². The number of carboxylic acid groups (broad SMARTS) is 2. The Morgan fingerprint density at radius 2 is 1.25 bits per heavy atom. The first kappa shape index (κ1) is 64.2. The number of halogens is 6. The van der Waals surface area contributed by atoms with Gasteiger partial charge < -0.3 is 44.9 Å². The van der Waals surface area contributed by atoms with E-state index in [1.54, 1.807) is 27.4 Å². The van der Waals surface area contributed by atoms with Crippen LogP contribution >= 0.6 is 45.9 Å².